The normalized spacial score (nSPS) is 10.4. The number of aromatic amines is 1. The number of hydrogen-bond acceptors (Lipinski definition) is 3. The third-order valence-corrected chi connectivity index (χ3v) is 3.45. The van der Waals surface area contributed by atoms with E-state index in [-0.39, 0.29) is 11.5 Å². The van der Waals surface area contributed by atoms with Gasteiger partial charge in [-0.2, -0.15) is 0 Å². The molecule has 0 bridgehead atoms. The maximum atomic E-state index is 11.4. The van der Waals surface area contributed by atoms with Gasteiger partial charge in [0.05, 0.1) is 11.0 Å². The van der Waals surface area contributed by atoms with Crippen LogP contribution in [0, 0.1) is 6.92 Å². The van der Waals surface area contributed by atoms with Gasteiger partial charge in [-0.15, -0.1) is 0 Å². The lowest BCUT2D eigenvalue weighted by atomic mass is 10.1. The number of imidazole rings is 1. The number of Topliss-reactive ketones (excluding diaryl/α,β-unsaturated/α-hetero) is 1. The topological polar surface area (TPSA) is 70.9 Å². The zero-order chi connectivity index (χ0) is 16.4. The van der Waals surface area contributed by atoms with Crippen LogP contribution in [0.25, 0.3) is 22.6 Å². The summed E-state index contributed by atoms with van der Waals surface area (Å²) in [5, 5.41) is 10.1. The molecular formula is C17H21N3O2. The van der Waals surface area contributed by atoms with E-state index in [0.717, 1.165) is 16.6 Å². The predicted octanol–water partition coefficient (Wildman–Crippen LogP) is 3.81. The van der Waals surface area contributed by atoms with Crippen molar-refractivity contribution in [1.82, 2.24) is 14.5 Å². The molecule has 1 aromatic carbocycles. The van der Waals surface area contributed by atoms with E-state index in [2.05, 4.69) is 9.97 Å². The number of benzene rings is 1. The molecule has 22 heavy (non-hydrogen) atoms. The van der Waals surface area contributed by atoms with Gasteiger partial charge in [-0.05, 0) is 32.0 Å². The van der Waals surface area contributed by atoms with Crippen molar-refractivity contribution in [3.05, 3.63) is 35.5 Å². The second kappa shape index (κ2) is 6.05. The number of aryl methyl sites for hydroxylation is 2. The molecule has 2 N–H and O–H groups in total. The van der Waals surface area contributed by atoms with Crippen LogP contribution in [-0.4, -0.2) is 25.4 Å². The van der Waals surface area contributed by atoms with E-state index < -0.39 is 0 Å². The second-order valence-corrected chi connectivity index (χ2v) is 4.99. The highest BCUT2D eigenvalue weighted by Crippen LogP contribution is 2.32. The summed E-state index contributed by atoms with van der Waals surface area (Å²) in [6.45, 7) is 7.38. The van der Waals surface area contributed by atoms with Gasteiger partial charge >= 0.3 is 0 Å². The van der Waals surface area contributed by atoms with Crippen LogP contribution in [-0.2, 0) is 7.05 Å². The van der Waals surface area contributed by atoms with Crippen LogP contribution >= 0.6 is 0 Å². The molecule has 3 rings (SSSR count). The van der Waals surface area contributed by atoms with Gasteiger partial charge in [0.15, 0.2) is 11.6 Å². The first-order valence-electron chi connectivity index (χ1n) is 7.33. The minimum Gasteiger partial charge on any atom is -0.505 e. The van der Waals surface area contributed by atoms with Crippen molar-refractivity contribution < 1.29 is 9.90 Å². The molecule has 2 heterocycles. The fourth-order valence-corrected chi connectivity index (χ4v) is 2.39. The molecular weight excluding hydrogens is 278 g/mol. The van der Waals surface area contributed by atoms with Crippen molar-refractivity contribution in [1.29, 1.82) is 0 Å². The summed E-state index contributed by atoms with van der Waals surface area (Å²) in [5.41, 5.74) is 3.63. The largest absolute Gasteiger partial charge is 0.505 e. The Balaban J connectivity index is 0.000000847. The molecule has 0 atom stereocenters. The number of fused-ring (bicyclic) bond motifs is 1. The van der Waals surface area contributed by atoms with Crippen LogP contribution in [0.3, 0.4) is 0 Å². The summed E-state index contributed by atoms with van der Waals surface area (Å²) in [6.07, 6.45) is 1.85. The van der Waals surface area contributed by atoms with Gasteiger partial charge in [0.2, 0.25) is 0 Å². The van der Waals surface area contributed by atoms with Gasteiger partial charge in [-0.25, -0.2) is 4.98 Å². The summed E-state index contributed by atoms with van der Waals surface area (Å²) in [4.78, 5) is 19.0. The lowest BCUT2D eigenvalue weighted by Crippen LogP contribution is -1.91. The SMILES string of the molecule is CC.CC(=O)c1ccc2nc(-c3c(O)c(C)cn3C)[nH]c2c1. The molecule has 0 aliphatic heterocycles. The Morgan fingerprint density at radius 2 is 2.00 bits per heavy atom. The number of H-pyrrole nitrogens is 1. The minimum absolute atomic E-state index is 0.0145. The van der Waals surface area contributed by atoms with Crippen LogP contribution in [0.15, 0.2) is 24.4 Å². The number of aromatic hydroxyl groups is 1. The molecule has 116 valence electrons. The van der Waals surface area contributed by atoms with Gasteiger partial charge in [-0.3, -0.25) is 4.79 Å². The van der Waals surface area contributed by atoms with Crippen LogP contribution < -0.4 is 0 Å². The predicted molar refractivity (Wildman–Crippen MR) is 88.3 cm³/mol. The number of nitrogens with one attached hydrogen (secondary N) is 1. The van der Waals surface area contributed by atoms with Crippen LogP contribution in [0.4, 0.5) is 0 Å². The molecule has 0 spiro atoms. The lowest BCUT2D eigenvalue weighted by Gasteiger charge is -1.99. The Morgan fingerprint density at radius 3 is 2.55 bits per heavy atom. The summed E-state index contributed by atoms with van der Waals surface area (Å²) in [5.74, 6) is 0.827. The number of rotatable bonds is 2. The second-order valence-electron chi connectivity index (χ2n) is 4.99. The average Bonchev–Trinajstić information content (AvgIpc) is 3.01. The van der Waals surface area contributed by atoms with Gasteiger partial charge < -0.3 is 14.7 Å². The van der Waals surface area contributed by atoms with E-state index in [4.69, 9.17) is 0 Å². The molecule has 0 radical (unpaired) electrons. The molecule has 0 saturated heterocycles. The Morgan fingerprint density at radius 1 is 1.32 bits per heavy atom. The Labute approximate surface area is 129 Å². The molecule has 0 saturated carbocycles. The van der Waals surface area contributed by atoms with E-state index in [9.17, 15) is 9.90 Å². The number of hydrogen-bond donors (Lipinski definition) is 2. The van der Waals surface area contributed by atoms with Gasteiger partial charge in [-0.1, -0.05) is 13.8 Å². The molecule has 0 unspecified atom stereocenters. The molecule has 2 aromatic heterocycles. The smallest absolute Gasteiger partial charge is 0.159 e. The zero-order valence-electron chi connectivity index (χ0n) is 13.6. The zero-order valence-corrected chi connectivity index (χ0v) is 13.6. The third-order valence-electron chi connectivity index (χ3n) is 3.45. The molecule has 5 nitrogen and oxygen atoms in total. The highest BCUT2D eigenvalue weighted by atomic mass is 16.3. The summed E-state index contributed by atoms with van der Waals surface area (Å²) in [6, 6.07) is 5.34. The van der Waals surface area contributed by atoms with Crippen molar-refractivity contribution in [2.24, 2.45) is 7.05 Å². The van der Waals surface area contributed by atoms with Crippen molar-refractivity contribution in [2.75, 3.05) is 0 Å². The third kappa shape index (κ3) is 2.62. The maximum Gasteiger partial charge on any atom is 0.159 e. The first kappa shape index (κ1) is 15.8. The van der Waals surface area contributed by atoms with Crippen molar-refractivity contribution in [3.8, 4) is 17.3 Å². The minimum atomic E-state index is 0.0145. The Kier molecular flexibility index (Phi) is 4.35. The van der Waals surface area contributed by atoms with Gasteiger partial charge in [0.1, 0.15) is 11.4 Å². The quantitative estimate of drug-likeness (QED) is 0.707. The van der Waals surface area contributed by atoms with Crippen LogP contribution in [0.5, 0.6) is 5.75 Å². The number of carbonyl (C=O) groups excluding carboxylic acids is 1. The monoisotopic (exact) mass is 299 g/mol. The molecule has 0 amide bonds. The van der Waals surface area contributed by atoms with Crippen LogP contribution in [0.2, 0.25) is 0 Å². The fraction of sp³-hybridized carbons (Fsp3) is 0.294. The van der Waals surface area contributed by atoms with Crippen LogP contribution in [0.1, 0.15) is 36.7 Å². The number of carbonyl (C=O) groups is 1. The first-order chi connectivity index (χ1) is 10.5. The van der Waals surface area contributed by atoms with Crippen molar-refractivity contribution >= 4 is 16.8 Å². The highest BCUT2D eigenvalue weighted by Gasteiger charge is 2.16. The van der Waals surface area contributed by atoms with Gasteiger partial charge in [0, 0.05) is 24.4 Å². The summed E-state index contributed by atoms with van der Waals surface area (Å²) < 4.78 is 1.83. The number of ketones is 1. The fourth-order valence-electron chi connectivity index (χ4n) is 2.39. The Hall–Kier alpha value is -2.56. The van der Waals surface area contributed by atoms with E-state index in [1.807, 2.05) is 38.6 Å². The lowest BCUT2D eigenvalue weighted by molar-refractivity contribution is 0.101. The molecule has 5 heteroatoms. The molecule has 0 aliphatic carbocycles. The van der Waals surface area contributed by atoms with E-state index >= 15 is 0 Å². The van der Waals surface area contributed by atoms with E-state index in [0.29, 0.717) is 17.1 Å². The molecule has 3 aromatic rings. The Bertz CT molecular complexity index is 828. The highest BCUT2D eigenvalue weighted by molar-refractivity contribution is 5.97. The summed E-state index contributed by atoms with van der Waals surface area (Å²) >= 11 is 0. The average molecular weight is 299 g/mol. The first-order valence-corrected chi connectivity index (χ1v) is 7.33. The number of aromatic nitrogens is 3. The van der Waals surface area contributed by atoms with E-state index in [1.54, 1.807) is 18.2 Å². The maximum absolute atomic E-state index is 11.4. The number of nitrogens with zero attached hydrogens (tertiary/aromatic N) is 2. The van der Waals surface area contributed by atoms with Crippen molar-refractivity contribution in [2.45, 2.75) is 27.7 Å². The van der Waals surface area contributed by atoms with E-state index in [1.165, 1.54) is 6.92 Å². The summed E-state index contributed by atoms with van der Waals surface area (Å²) in [7, 11) is 1.86. The standard InChI is InChI=1S/C15H15N3O2.C2H6/c1-8-7-18(3)13(14(8)20)15-16-11-5-4-10(9(2)19)6-12(11)17-15;1-2/h4-7,20H,1-3H3,(H,16,17);1-2H3. The van der Waals surface area contributed by atoms with Crippen molar-refractivity contribution in [3.63, 3.8) is 0 Å². The molecule has 0 fully saturated rings. The molecule has 0 aliphatic rings. The van der Waals surface area contributed by atoms with Gasteiger partial charge in [0.25, 0.3) is 0 Å².